The maximum Gasteiger partial charge on any atom is 0.346 e. The Hall–Kier alpha value is -4.00. The summed E-state index contributed by atoms with van der Waals surface area (Å²) >= 11 is 0. The molecular weight excluding hydrogens is 442 g/mol. The first-order chi connectivity index (χ1) is 16.9. The fourth-order valence-corrected chi connectivity index (χ4v) is 3.86. The summed E-state index contributed by atoms with van der Waals surface area (Å²) < 4.78 is 0. The Kier molecular flexibility index (Phi) is 9.12. The molecule has 0 aliphatic carbocycles. The SMILES string of the molecule is CCCCN(CCCC)c1ccc(-c2ccc(/C=C/c3ccc([N+](=O)[O-])c([N+](=O)[O-])c3)cc2)cc1. The van der Waals surface area contributed by atoms with E-state index in [0.29, 0.717) is 5.56 Å². The summed E-state index contributed by atoms with van der Waals surface area (Å²) in [5, 5.41) is 22.1. The van der Waals surface area contributed by atoms with Crippen LogP contribution in [0, 0.1) is 20.2 Å². The first-order valence-electron chi connectivity index (χ1n) is 12.0. The van der Waals surface area contributed by atoms with Crippen LogP contribution in [0.3, 0.4) is 0 Å². The van der Waals surface area contributed by atoms with Crippen molar-refractivity contribution in [3.63, 3.8) is 0 Å². The molecule has 0 bridgehead atoms. The van der Waals surface area contributed by atoms with E-state index in [2.05, 4.69) is 43.0 Å². The van der Waals surface area contributed by atoms with Crippen molar-refractivity contribution in [2.24, 2.45) is 0 Å². The standard InChI is InChI=1S/C28H31N3O4/c1-3-5-19-29(20-6-4-2)26-16-14-25(15-17-26)24-12-9-22(10-13-24)7-8-23-11-18-27(30(32)33)28(21-23)31(34)35/h7-18,21H,3-6,19-20H2,1-2H3/b8-7+. The number of nitro groups is 2. The van der Waals surface area contributed by atoms with E-state index in [0.717, 1.165) is 35.8 Å². The van der Waals surface area contributed by atoms with E-state index in [4.69, 9.17) is 0 Å². The molecule has 0 aromatic heterocycles. The average molecular weight is 474 g/mol. The molecule has 3 rings (SSSR count). The predicted octanol–water partition coefficient (Wildman–Crippen LogP) is 7.75. The van der Waals surface area contributed by atoms with Gasteiger partial charge < -0.3 is 4.90 Å². The molecule has 0 fully saturated rings. The molecular formula is C28H31N3O4. The zero-order valence-corrected chi connectivity index (χ0v) is 20.2. The molecule has 182 valence electrons. The van der Waals surface area contributed by atoms with Gasteiger partial charge in [0, 0.05) is 30.9 Å². The van der Waals surface area contributed by atoms with Gasteiger partial charge in [0.05, 0.1) is 9.85 Å². The first kappa shape index (κ1) is 25.6. The molecule has 0 atom stereocenters. The lowest BCUT2D eigenvalue weighted by atomic mass is 10.0. The number of anilines is 1. The number of nitro benzene ring substituents is 2. The number of nitrogens with zero attached hydrogens (tertiary/aromatic N) is 3. The van der Waals surface area contributed by atoms with Gasteiger partial charge in [0.25, 0.3) is 0 Å². The largest absolute Gasteiger partial charge is 0.372 e. The van der Waals surface area contributed by atoms with Crippen molar-refractivity contribution < 1.29 is 9.85 Å². The summed E-state index contributed by atoms with van der Waals surface area (Å²) in [7, 11) is 0. The van der Waals surface area contributed by atoms with Gasteiger partial charge in [-0.05, 0) is 53.3 Å². The molecule has 35 heavy (non-hydrogen) atoms. The maximum absolute atomic E-state index is 11.2. The Labute approximate surface area is 206 Å². The Balaban J connectivity index is 1.72. The normalized spacial score (nSPS) is 11.0. The molecule has 7 nitrogen and oxygen atoms in total. The van der Waals surface area contributed by atoms with Gasteiger partial charge in [-0.15, -0.1) is 0 Å². The molecule has 0 spiro atoms. The number of unbranched alkanes of at least 4 members (excludes halogenated alkanes) is 2. The molecule has 0 amide bonds. The molecule has 0 radical (unpaired) electrons. The van der Waals surface area contributed by atoms with E-state index >= 15 is 0 Å². The van der Waals surface area contributed by atoms with Crippen molar-refractivity contribution in [1.29, 1.82) is 0 Å². The predicted molar refractivity (Wildman–Crippen MR) is 143 cm³/mol. The van der Waals surface area contributed by atoms with Crippen molar-refractivity contribution in [2.45, 2.75) is 39.5 Å². The zero-order valence-electron chi connectivity index (χ0n) is 20.2. The third-order valence-corrected chi connectivity index (χ3v) is 5.90. The van der Waals surface area contributed by atoms with Crippen molar-refractivity contribution in [1.82, 2.24) is 0 Å². The van der Waals surface area contributed by atoms with Crippen molar-refractivity contribution in [2.75, 3.05) is 18.0 Å². The fraction of sp³-hybridized carbons (Fsp3) is 0.286. The minimum Gasteiger partial charge on any atom is -0.372 e. The molecule has 0 heterocycles. The number of rotatable bonds is 12. The van der Waals surface area contributed by atoms with E-state index in [-0.39, 0.29) is 0 Å². The number of hydrogen-bond acceptors (Lipinski definition) is 5. The second kappa shape index (κ2) is 12.5. The van der Waals surface area contributed by atoms with Crippen LogP contribution in [0.2, 0.25) is 0 Å². The van der Waals surface area contributed by atoms with Gasteiger partial charge >= 0.3 is 11.4 Å². The molecule has 0 aliphatic rings. The van der Waals surface area contributed by atoms with Crippen LogP contribution in [0.4, 0.5) is 17.1 Å². The summed E-state index contributed by atoms with van der Waals surface area (Å²) in [5.41, 5.74) is 3.93. The Bertz CT molecular complexity index is 1160. The molecule has 0 aliphatic heterocycles. The van der Waals surface area contributed by atoms with Crippen molar-refractivity contribution in [3.05, 3.63) is 98.1 Å². The lowest BCUT2D eigenvalue weighted by molar-refractivity contribution is -0.422. The van der Waals surface area contributed by atoms with Gasteiger partial charge in [-0.1, -0.05) is 75.2 Å². The van der Waals surface area contributed by atoms with Crippen LogP contribution in [0.15, 0.2) is 66.7 Å². The van der Waals surface area contributed by atoms with Crippen LogP contribution in [0.25, 0.3) is 23.3 Å². The Morgan fingerprint density at radius 2 is 1.17 bits per heavy atom. The molecule has 0 N–H and O–H groups in total. The topological polar surface area (TPSA) is 89.5 Å². The van der Waals surface area contributed by atoms with Gasteiger partial charge in [0.15, 0.2) is 0 Å². The number of benzene rings is 3. The van der Waals surface area contributed by atoms with Crippen LogP contribution in [-0.4, -0.2) is 22.9 Å². The third-order valence-electron chi connectivity index (χ3n) is 5.90. The summed E-state index contributed by atoms with van der Waals surface area (Å²) in [6, 6.07) is 20.6. The summed E-state index contributed by atoms with van der Waals surface area (Å²) in [6.45, 7) is 6.59. The molecule has 0 saturated heterocycles. The van der Waals surface area contributed by atoms with Crippen LogP contribution in [0.5, 0.6) is 0 Å². The van der Waals surface area contributed by atoms with Gasteiger partial charge in [0.1, 0.15) is 0 Å². The Morgan fingerprint density at radius 1 is 0.686 bits per heavy atom. The summed E-state index contributed by atoms with van der Waals surface area (Å²) in [4.78, 5) is 23.1. The van der Waals surface area contributed by atoms with Crippen LogP contribution >= 0.6 is 0 Å². The van der Waals surface area contributed by atoms with Crippen LogP contribution in [-0.2, 0) is 0 Å². The highest BCUT2D eigenvalue weighted by Gasteiger charge is 2.23. The van der Waals surface area contributed by atoms with E-state index in [1.165, 1.54) is 43.5 Å². The minimum absolute atomic E-state index is 0.513. The highest BCUT2D eigenvalue weighted by Crippen LogP contribution is 2.29. The fourth-order valence-electron chi connectivity index (χ4n) is 3.86. The van der Waals surface area contributed by atoms with Gasteiger partial charge in [-0.3, -0.25) is 20.2 Å². The quantitative estimate of drug-likeness (QED) is 0.152. The van der Waals surface area contributed by atoms with Gasteiger partial charge in [-0.2, -0.15) is 0 Å². The first-order valence-corrected chi connectivity index (χ1v) is 12.0. The zero-order chi connectivity index (χ0) is 25.2. The highest BCUT2D eigenvalue weighted by atomic mass is 16.6. The lowest BCUT2D eigenvalue weighted by Gasteiger charge is -2.25. The summed E-state index contributed by atoms with van der Waals surface area (Å²) in [6.07, 6.45) is 8.28. The van der Waals surface area contributed by atoms with Crippen LogP contribution in [0.1, 0.15) is 50.7 Å². The van der Waals surface area contributed by atoms with Crippen LogP contribution < -0.4 is 4.90 Å². The second-order valence-electron chi connectivity index (χ2n) is 8.46. The van der Waals surface area contributed by atoms with Crippen molar-refractivity contribution >= 4 is 29.2 Å². The van der Waals surface area contributed by atoms with Gasteiger partial charge in [0.2, 0.25) is 0 Å². The second-order valence-corrected chi connectivity index (χ2v) is 8.46. The molecule has 3 aromatic rings. The third kappa shape index (κ3) is 6.99. The monoisotopic (exact) mass is 473 g/mol. The summed E-state index contributed by atoms with van der Waals surface area (Å²) in [5.74, 6) is 0. The van der Waals surface area contributed by atoms with Crippen molar-refractivity contribution in [3.8, 4) is 11.1 Å². The molecule has 7 heteroatoms. The van der Waals surface area contributed by atoms with E-state index < -0.39 is 21.2 Å². The molecule has 3 aromatic carbocycles. The number of hydrogen-bond donors (Lipinski definition) is 0. The minimum atomic E-state index is -0.745. The van der Waals surface area contributed by atoms with Gasteiger partial charge in [-0.25, -0.2) is 0 Å². The Morgan fingerprint density at radius 3 is 1.69 bits per heavy atom. The molecule has 0 unspecified atom stereocenters. The lowest BCUT2D eigenvalue weighted by Crippen LogP contribution is -2.25. The van der Waals surface area contributed by atoms with E-state index in [9.17, 15) is 20.2 Å². The molecule has 0 saturated carbocycles. The van der Waals surface area contributed by atoms with E-state index in [1.807, 2.05) is 30.3 Å². The smallest absolute Gasteiger partial charge is 0.346 e. The highest BCUT2D eigenvalue weighted by molar-refractivity contribution is 5.74. The average Bonchev–Trinajstić information content (AvgIpc) is 2.88. The van der Waals surface area contributed by atoms with E-state index in [1.54, 1.807) is 6.08 Å². The maximum atomic E-state index is 11.2.